The van der Waals surface area contributed by atoms with E-state index in [0.29, 0.717) is 6.42 Å². The highest BCUT2D eigenvalue weighted by atomic mass is 32.1. The van der Waals surface area contributed by atoms with Crippen LogP contribution in [0.4, 0.5) is 11.4 Å². The number of nitro benzene ring substituents is 1. The van der Waals surface area contributed by atoms with Gasteiger partial charge in [-0.25, -0.2) is 0 Å². The summed E-state index contributed by atoms with van der Waals surface area (Å²) in [5, 5.41) is 39.7. The molecule has 0 unspecified atom stereocenters. The van der Waals surface area contributed by atoms with Gasteiger partial charge in [-0.1, -0.05) is 18.2 Å². The van der Waals surface area contributed by atoms with Crippen LogP contribution in [0.1, 0.15) is 35.2 Å². The summed E-state index contributed by atoms with van der Waals surface area (Å²) in [4.78, 5) is 100. The van der Waals surface area contributed by atoms with Gasteiger partial charge in [-0.15, -0.1) is 0 Å². The number of amides is 6. The number of carboxylic acids is 1. The molecule has 1 fully saturated rings. The first-order valence-electron chi connectivity index (χ1n) is 15.0. The minimum absolute atomic E-state index is 0.0210. The highest BCUT2D eigenvalue weighted by Gasteiger charge is 2.39. The fraction of sp³-hybridized carbons (Fsp3) is 0.367. The number of carbonyl (C=O) groups is 7. The number of benzene rings is 2. The first kappa shape index (κ1) is 38.5. The van der Waals surface area contributed by atoms with Crippen molar-refractivity contribution in [1.82, 2.24) is 26.2 Å². The molecule has 20 heteroatoms. The zero-order valence-corrected chi connectivity index (χ0v) is 27.3. The van der Waals surface area contributed by atoms with Gasteiger partial charge in [0.25, 0.3) is 5.91 Å². The van der Waals surface area contributed by atoms with E-state index in [1.54, 1.807) is 12.1 Å². The number of anilines is 1. The molecule has 0 spiro atoms. The Morgan fingerprint density at radius 3 is 2.34 bits per heavy atom. The second kappa shape index (κ2) is 17.5. The van der Waals surface area contributed by atoms with Gasteiger partial charge in [0.15, 0.2) is 5.75 Å². The lowest BCUT2D eigenvalue weighted by molar-refractivity contribution is -0.385. The molecule has 0 radical (unpaired) electrons. The SMILES string of the molecule is NC(=O)[C@H](Cc1ccc(O)c([N+](=O)[O-])c1)NC(=O)[C@H](CS)NC(=O)[C@@H]1CCCN1C(=O)[C@H](CC(=O)O)NC(=O)CNC(=O)c1ccccc1N. The van der Waals surface area contributed by atoms with Gasteiger partial charge in [0.1, 0.15) is 24.2 Å². The molecule has 10 N–H and O–H groups in total. The van der Waals surface area contributed by atoms with Crippen LogP contribution in [-0.4, -0.2) is 104 Å². The molecule has 0 saturated carbocycles. The largest absolute Gasteiger partial charge is 0.502 e. The number of nitrogens with one attached hydrogen (secondary N) is 4. The third kappa shape index (κ3) is 10.3. The van der Waals surface area contributed by atoms with Gasteiger partial charge in [-0.05, 0) is 36.6 Å². The first-order chi connectivity index (χ1) is 23.6. The smallest absolute Gasteiger partial charge is 0.310 e. The van der Waals surface area contributed by atoms with Gasteiger partial charge >= 0.3 is 11.7 Å². The molecule has 19 nitrogen and oxygen atoms in total. The molecule has 3 rings (SSSR count). The molecule has 0 bridgehead atoms. The van der Waals surface area contributed by atoms with Gasteiger partial charge in [0.2, 0.25) is 29.5 Å². The molecule has 50 heavy (non-hydrogen) atoms. The predicted octanol–water partition coefficient (Wildman–Crippen LogP) is -1.81. The number of nitrogen functional groups attached to an aromatic ring is 1. The van der Waals surface area contributed by atoms with E-state index >= 15 is 0 Å². The Kier molecular flexibility index (Phi) is 13.5. The lowest BCUT2D eigenvalue weighted by Crippen LogP contribution is -2.58. The highest BCUT2D eigenvalue weighted by molar-refractivity contribution is 7.80. The van der Waals surface area contributed by atoms with Crippen molar-refractivity contribution in [2.45, 2.75) is 49.9 Å². The van der Waals surface area contributed by atoms with Crippen molar-refractivity contribution in [1.29, 1.82) is 0 Å². The minimum Gasteiger partial charge on any atom is -0.502 e. The van der Waals surface area contributed by atoms with E-state index in [9.17, 15) is 53.9 Å². The minimum atomic E-state index is -1.61. The molecule has 1 aliphatic heterocycles. The zero-order valence-electron chi connectivity index (χ0n) is 26.4. The fourth-order valence-electron chi connectivity index (χ4n) is 5.12. The molecule has 1 heterocycles. The second-order valence-electron chi connectivity index (χ2n) is 11.2. The van der Waals surface area contributed by atoms with Crippen molar-refractivity contribution in [2.24, 2.45) is 5.73 Å². The average Bonchev–Trinajstić information content (AvgIpc) is 3.56. The molecule has 0 aromatic heterocycles. The van der Waals surface area contributed by atoms with Crippen molar-refractivity contribution in [3.63, 3.8) is 0 Å². The number of para-hydroxylation sites is 1. The Labute approximate surface area is 289 Å². The predicted molar refractivity (Wildman–Crippen MR) is 177 cm³/mol. The monoisotopic (exact) mass is 716 g/mol. The number of carbonyl (C=O) groups excluding carboxylic acids is 6. The van der Waals surface area contributed by atoms with E-state index in [2.05, 4.69) is 33.9 Å². The van der Waals surface area contributed by atoms with Crippen molar-refractivity contribution in [2.75, 3.05) is 24.6 Å². The number of rotatable bonds is 16. The number of phenols is 1. The van der Waals surface area contributed by atoms with Crippen LogP contribution in [0.5, 0.6) is 5.75 Å². The molecule has 6 amide bonds. The molecular formula is C30H36N8O11S. The van der Waals surface area contributed by atoms with Crippen LogP contribution in [0.2, 0.25) is 0 Å². The number of hydrogen-bond acceptors (Lipinski definition) is 12. The first-order valence-corrected chi connectivity index (χ1v) is 15.7. The van der Waals surface area contributed by atoms with Crippen LogP contribution < -0.4 is 32.7 Å². The molecule has 0 aliphatic carbocycles. The number of nitrogens with zero attached hydrogens (tertiary/aromatic N) is 2. The van der Waals surface area contributed by atoms with Crippen LogP contribution >= 0.6 is 12.6 Å². The van der Waals surface area contributed by atoms with Crippen LogP contribution in [-0.2, 0) is 35.2 Å². The van der Waals surface area contributed by atoms with E-state index in [1.807, 2.05) is 0 Å². The number of carboxylic acid groups (broad SMARTS) is 1. The molecule has 4 atom stereocenters. The molecule has 1 saturated heterocycles. The third-order valence-electron chi connectivity index (χ3n) is 7.62. The normalized spacial score (nSPS) is 15.5. The Hall–Kier alpha value is -5.92. The number of nitrogens with two attached hydrogens (primary N) is 2. The average molecular weight is 717 g/mol. The van der Waals surface area contributed by atoms with Crippen LogP contribution in [0.15, 0.2) is 42.5 Å². The quantitative estimate of drug-likeness (QED) is 0.0402. The summed E-state index contributed by atoms with van der Waals surface area (Å²) in [5.41, 5.74) is 11.0. The van der Waals surface area contributed by atoms with Gasteiger partial charge in [0, 0.05) is 30.5 Å². The van der Waals surface area contributed by atoms with Gasteiger partial charge in [-0.2, -0.15) is 12.6 Å². The Morgan fingerprint density at radius 1 is 1.02 bits per heavy atom. The molecular weight excluding hydrogens is 680 g/mol. The Bertz CT molecular complexity index is 1670. The molecule has 1 aliphatic rings. The summed E-state index contributed by atoms with van der Waals surface area (Å²) in [6.07, 6.45) is -0.674. The highest BCUT2D eigenvalue weighted by Crippen LogP contribution is 2.27. The molecule has 2 aromatic carbocycles. The van der Waals surface area contributed by atoms with Crippen molar-refractivity contribution in [3.8, 4) is 5.75 Å². The number of phenolic OH excluding ortho intramolecular Hbond substituents is 1. The number of nitro groups is 1. The lowest BCUT2D eigenvalue weighted by atomic mass is 10.0. The zero-order chi connectivity index (χ0) is 37.1. The van der Waals surface area contributed by atoms with Crippen LogP contribution in [0.25, 0.3) is 0 Å². The maximum atomic E-state index is 13.5. The van der Waals surface area contributed by atoms with E-state index in [-0.39, 0.29) is 42.0 Å². The van der Waals surface area contributed by atoms with Crippen molar-refractivity contribution >= 4 is 65.4 Å². The maximum Gasteiger partial charge on any atom is 0.310 e. The summed E-state index contributed by atoms with van der Waals surface area (Å²) in [6, 6.07) is 3.94. The number of primary amides is 1. The summed E-state index contributed by atoms with van der Waals surface area (Å²) < 4.78 is 0. The van der Waals surface area contributed by atoms with Gasteiger partial charge in [0.05, 0.1) is 23.5 Å². The third-order valence-corrected chi connectivity index (χ3v) is 7.98. The van der Waals surface area contributed by atoms with Crippen LogP contribution in [0, 0.1) is 10.1 Å². The number of likely N-dealkylation sites (tertiary alicyclic amines) is 1. The van der Waals surface area contributed by atoms with Crippen LogP contribution in [0.3, 0.4) is 0 Å². The molecule has 268 valence electrons. The Balaban J connectivity index is 1.65. The lowest BCUT2D eigenvalue weighted by Gasteiger charge is -2.29. The van der Waals surface area contributed by atoms with Crippen molar-refractivity contribution in [3.05, 3.63) is 63.7 Å². The number of aliphatic carboxylic acids is 1. The summed E-state index contributed by atoms with van der Waals surface area (Å²) >= 11 is 4.10. The number of hydrogen-bond donors (Lipinski definition) is 9. The van der Waals surface area contributed by atoms with Crippen molar-refractivity contribution < 1.29 is 48.7 Å². The summed E-state index contributed by atoms with van der Waals surface area (Å²) in [7, 11) is 0. The number of thiol groups is 1. The van der Waals surface area contributed by atoms with E-state index < -0.39 is 94.9 Å². The molecule has 2 aromatic rings. The van der Waals surface area contributed by atoms with Gasteiger partial charge < -0.3 is 47.8 Å². The maximum absolute atomic E-state index is 13.5. The number of aromatic hydroxyl groups is 1. The summed E-state index contributed by atoms with van der Waals surface area (Å²) in [6.45, 7) is -0.595. The standard InChI is InChI=1S/C30H36N8O11S/c31-17-5-2-1-4-16(17)27(44)33-13-24(40)34-19(12-25(41)42)30(47)37-9-3-6-21(37)29(46)36-20(14-50)28(45)35-18(26(32)43)10-15-7-8-23(39)22(11-15)38(48)49/h1-2,4-5,7-8,11,18-21,39,50H,3,6,9-10,12-14,31H2,(H2,32,43)(H,33,44)(H,34,40)(H,35,45)(H,36,46)(H,41,42)/t18-,19-,20-,21-/m0/s1. The van der Waals surface area contributed by atoms with E-state index in [1.165, 1.54) is 18.2 Å². The summed E-state index contributed by atoms with van der Waals surface area (Å²) in [5.74, 6) is -7.45. The van der Waals surface area contributed by atoms with E-state index in [4.69, 9.17) is 11.5 Å². The Morgan fingerprint density at radius 2 is 1.72 bits per heavy atom. The van der Waals surface area contributed by atoms with E-state index in [0.717, 1.165) is 17.0 Å². The van der Waals surface area contributed by atoms with Gasteiger partial charge in [-0.3, -0.25) is 43.7 Å². The fourth-order valence-corrected chi connectivity index (χ4v) is 5.37. The second-order valence-corrected chi connectivity index (χ2v) is 11.5. The topological polar surface area (TPSA) is 306 Å².